The number of unbranched alkanes of at least 4 members (excludes halogenated alkanes) is 2. The average Bonchev–Trinajstić information content (AvgIpc) is 3.10. The maximum atomic E-state index is 12.0. The SMILES string of the molecule is CC1(CCCS(=O)(=O)O)C(/C=C/C=C/Nc2ccccc2)=[N+](CCCCCC(=O)O)c2ccc(S(=O)(=O)O)cc21. The number of aliphatic carboxylic acids is 1. The molecule has 0 radical (unpaired) electrons. The molecule has 3 rings (SSSR count). The Morgan fingerprint density at radius 1 is 0.975 bits per heavy atom. The molecule has 2 aromatic rings. The van der Waals surface area contributed by atoms with Gasteiger partial charge in [-0.2, -0.15) is 21.4 Å². The molecule has 2 aromatic carbocycles. The summed E-state index contributed by atoms with van der Waals surface area (Å²) in [7, 11) is -8.70. The van der Waals surface area contributed by atoms with Gasteiger partial charge in [-0.3, -0.25) is 13.9 Å². The van der Waals surface area contributed by atoms with E-state index < -0.39 is 37.4 Å². The first-order valence-corrected chi connectivity index (χ1v) is 15.9. The number of nitrogens with zero attached hydrogens (tertiary/aromatic N) is 1. The number of para-hydroxylation sites is 1. The Hall–Kier alpha value is -3.32. The predicted molar refractivity (Wildman–Crippen MR) is 154 cm³/mol. The van der Waals surface area contributed by atoms with Crippen LogP contribution in [0, 0.1) is 0 Å². The van der Waals surface area contributed by atoms with Crippen molar-refractivity contribution >= 4 is 43.3 Å². The average molecular weight is 592 g/mol. The van der Waals surface area contributed by atoms with Crippen molar-refractivity contribution in [3.8, 4) is 0 Å². The lowest BCUT2D eigenvalue weighted by Crippen LogP contribution is -2.32. The zero-order valence-corrected chi connectivity index (χ0v) is 23.9. The summed E-state index contributed by atoms with van der Waals surface area (Å²) in [5.41, 5.74) is 2.16. The highest BCUT2D eigenvalue weighted by Crippen LogP contribution is 2.44. The summed E-state index contributed by atoms with van der Waals surface area (Å²) in [6, 6.07) is 13.9. The molecule has 1 heterocycles. The molecule has 0 bridgehead atoms. The molecule has 0 fully saturated rings. The largest absolute Gasteiger partial charge is 0.481 e. The van der Waals surface area contributed by atoms with Crippen LogP contribution < -0.4 is 5.32 Å². The molecule has 1 aliphatic rings. The standard InChI is InChI=1S/C28H34N2O8S2/c1-28(17-10-20-39(33,34)35)24-21-23(40(36,37)38)15-16-25(24)30(19-9-3-6-14-27(31)32)26(28)13-7-8-18-29-22-11-4-2-5-12-22/h2,4-5,7-8,11-13,15-16,18,21H,3,6,9-10,14,17,19-20H2,1H3,(H3,31,32,33,34,35,36,37,38)/p+1. The molecular formula is C28H35N2O8S2+. The lowest BCUT2D eigenvalue weighted by Gasteiger charge is -2.22. The minimum Gasteiger partial charge on any atom is -0.481 e. The molecule has 1 unspecified atom stereocenters. The van der Waals surface area contributed by atoms with Crippen molar-refractivity contribution in [1.29, 1.82) is 0 Å². The summed E-state index contributed by atoms with van der Waals surface area (Å²) in [5.74, 6) is -1.31. The zero-order valence-electron chi connectivity index (χ0n) is 22.2. The van der Waals surface area contributed by atoms with Crippen molar-refractivity contribution < 1.29 is 40.4 Å². The Morgan fingerprint density at radius 2 is 1.70 bits per heavy atom. The molecule has 0 saturated heterocycles. The van der Waals surface area contributed by atoms with Crippen molar-refractivity contribution in [3.05, 3.63) is 78.5 Å². The molecule has 0 saturated carbocycles. The summed E-state index contributed by atoms with van der Waals surface area (Å²) in [6.45, 7) is 2.39. The van der Waals surface area contributed by atoms with Crippen LogP contribution in [0.5, 0.6) is 0 Å². The van der Waals surface area contributed by atoms with Gasteiger partial charge in [-0.1, -0.05) is 24.3 Å². The van der Waals surface area contributed by atoms with Crippen LogP contribution in [-0.4, -0.2) is 59.6 Å². The van der Waals surface area contributed by atoms with Gasteiger partial charge in [-0.25, -0.2) is 0 Å². The maximum Gasteiger partial charge on any atom is 0.303 e. The fourth-order valence-electron chi connectivity index (χ4n) is 4.91. The van der Waals surface area contributed by atoms with Crippen LogP contribution >= 0.6 is 0 Å². The monoisotopic (exact) mass is 591 g/mol. The number of carboxylic acids is 1. The fraction of sp³-hybridized carbons (Fsp3) is 0.357. The van der Waals surface area contributed by atoms with E-state index in [4.69, 9.17) is 5.11 Å². The third kappa shape index (κ3) is 8.59. The minimum absolute atomic E-state index is 0.0668. The van der Waals surface area contributed by atoms with E-state index in [0.29, 0.717) is 37.1 Å². The van der Waals surface area contributed by atoms with E-state index in [1.165, 1.54) is 12.1 Å². The second-order valence-electron chi connectivity index (χ2n) is 9.85. The first kappa shape index (κ1) is 31.2. The van der Waals surface area contributed by atoms with Gasteiger partial charge in [-0.05, 0) is 62.9 Å². The fourth-order valence-corrected chi connectivity index (χ4v) is 5.92. The van der Waals surface area contributed by atoms with Gasteiger partial charge in [0.05, 0.1) is 16.1 Å². The zero-order chi connectivity index (χ0) is 29.4. The number of rotatable bonds is 15. The van der Waals surface area contributed by atoms with Gasteiger partial charge in [0.25, 0.3) is 20.2 Å². The van der Waals surface area contributed by atoms with Crippen molar-refractivity contribution in [3.63, 3.8) is 0 Å². The van der Waals surface area contributed by atoms with E-state index >= 15 is 0 Å². The molecule has 10 nitrogen and oxygen atoms in total. The first-order chi connectivity index (χ1) is 18.8. The predicted octanol–water partition coefficient (Wildman–Crippen LogP) is 4.78. The Kier molecular flexibility index (Phi) is 10.4. The van der Waals surface area contributed by atoms with Crippen LogP contribution in [0.2, 0.25) is 0 Å². The molecule has 1 atom stereocenters. The van der Waals surface area contributed by atoms with Gasteiger partial charge in [0.2, 0.25) is 5.69 Å². The van der Waals surface area contributed by atoms with Gasteiger partial charge < -0.3 is 10.4 Å². The van der Waals surface area contributed by atoms with Crippen molar-refractivity contribution in [2.24, 2.45) is 0 Å². The van der Waals surface area contributed by atoms with E-state index in [9.17, 15) is 30.7 Å². The number of fused-ring (bicyclic) bond motifs is 1. The Labute approximate surface area is 235 Å². The van der Waals surface area contributed by atoms with E-state index in [2.05, 4.69) is 5.32 Å². The normalized spacial score (nSPS) is 17.6. The Morgan fingerprint density at radius 3 is 2.35 bits per heavy atom. The maximum absolute atomic E-state index is 12.0. The van der Waals surface area contributed by atoms with Crippen LogP contribution in [-0.2, 0) is 30.4 Å². The smallest absolute Gasteiger partial charge is 0.303 e. The van der Waals surface area contributed by atoms with Crippen LogP contribution in [0.15, 0.2) is 77.9 Å². The number of hydrogen-bond donors (Lipinski definition) is 4. The molecule has 0 spiro atoms. The number of nitrogens with one attached hydrogen (secondary N) is 1. The molecule has 1 aliphatic heterocycles. The third-order valence-corrected chi connectivity index (χ3v) is 8.50. The van der Waals surface area contributed by atoms with Gasteiger partial charge in [-0.15, -0.1) is 0 Å². The summed E-state index contributed by atoms with van der Waals surface area (Å²) in [5, 5.41) is 12.1. The van der Waals surface area contributed by atoms with Crippen molar-refractivity contribution in [1.82, 2.24) is 0 Å². The van der Waals surface area contributed by atoms with Crippen LogP contribution in [0.4, 0.5) is 11.4 Å². The number of benzene rings is 2. The molecule has 40 heavy (non-hydrogen) atoms. The lowest BCUT2D eigenvalue weighted by atomic mass is 9.76. The van der Waals surface area contributed by atoms with E-state index in [1.54, 1.807) is 18.3 Å². The number of carbonyl (C=O) groups is 1. The second-order valence-corrected chi connectivity index (χ2v) is 12.8. The summed E-state index contributed by atoms with van der Waals surface area (Å²) in [4.78, 5) is 10.6. The van der Waals surface area contributed by atoms with Gasteiger partial charge in [0, 0.05) is 42.4 Å². The molecule has 0 amide bonds. The minimum atomic E-state index is -4.49. The van der Waals surface area contributed by atoms with E-state index in [-0.39, 0.29) is 24.2 Å². The molecule has 12 heteroatoms. The molecule has 4 N–H and O–H groups in total. The van der Waals surface area contributed by atoms with Crippen molar-refractivity contribution in [2.75, 3.05) is 17.6 Å². The van der Waals surface area contributed by atoms with E-state index in [1.807, 2.05) is 54.0 Å². The Balaban J connectivity index is 2.00. The summed E-state index contributed by atoms with van der Waals surface area (Å²) >= 11 is 0. The quantitative estimate of drug-likeness (QED) is 0.0988. The highest BCUT2D eigenvalue weighted by Gasteiger charge is 2.47. The first-order valence-electron chi connectivity index (χ1n) is 12.9. The number of hydrogen-bond acceptors (Lipinski definition) is 6. The molecule has 0 aliphatic carbocycles. The highest BCUT2D eigenvalue weighted by molar-refractivity contribution is 7.86. The number of carboxylic acid groups (broad SMARTS) is 1. The van der Waals surface area contributed by atoms with Crippen molar-refractivity contribution in [2.45, 2.75) is 55.8 Å². The van der Waals surface area contributed by atoms with Gasteiger partial charge in [0.1, 0.15) is 6.54 Å². The third-order valence-electron chi connectivity index (χ3n) is 6.84. The Bertz CT molecular complexity index is 1510. The number of anilines is 1. The second kappa shape index (κ2) is 13.4. The molecule has 216 valence electrons. The van der Waals surface area contributed by atoms with Crippen LogP contribution in [0.1, 0.15) is 51.0 Å². The van der Waals surface area contributed by atoms with Crippen LogP contribution in [0.25, 0.3) is 0 Å². The summed E-state index contributed by atoms with van der Waals surface area (Å²) < 4.78 is 67.9. The van der Waals surface area contributed by atoms with Gasteiger partial charge >= 0.3 is 5.97 Å². The van der Waals surface area contributed by atoms with E-state index in [0.717, 1.165) is 11.4 Å². The number of allylic oxidation sites excluding steroid dienone is 3. The molecular weight excluding hydrogens is 556 g/mol. The highest BCUT2D eigenvalue weighted by atomic mass is 32.2. The van der Waals surface area contributed by atoms with Gasteiger partial charge in [0.15, 0.2) is 5.71 Å². The summed E-state index contributed by atoms with van der Waals surface area (Å²) in [6.07, 6.45) is 9.55. The lowest BCUT2D eigenvalue weighted by molar-refractivity contribution is -0.438. The van der Waals surface area contributed by atoms with Crippen LogP contribution in [0.3, 0.4) is 0 Å². The topological polar surface area (TPSA) is 161 Å². The molecule has 0 aromatic heterocycles.